The van der Waals surface area contributed by atoms with E-state index in [1.165, 1.54) is 0 Å². The lowest BCUT2D eigenvalue weighted by molar-refractivity contribution is -0.150. The highest BCUT2D eigenvalue weighted by atomic mass is 16.5. The Bertz CT molecular complexity index is 2240. The zero-order chi connectivity index (χ0) is 34.0. The number of rotatable bonds is 6. The van der Waals surface area contributed by atoms with Gasteiger partial charge in [-0.1, -0.05) is 128 Å². The Morgan fingerprint density at radius 2 is 1.04 bits per heavy atom. The maximum Gasteiger partial charge on any atom is 0.335 e. The number of hydrogen-bond donors (Lipinski definition) is 1. The monoisotopic (exact) mass is 652 g/mol. The van der Waals surface area contributed by atoms with Crippen molar-refractivity contribution < 1.29 is 24.2 Å². The first-order chi connectivity index (χ1) is 24.4. The fourth-order valence-corrected chi connectivity index (χ4v) is 8.83. The predicted octanol–water partition coefficient (Wildman–Crippen LogP) is 8.45. The van der Waals surface area contributed by atoms with Crippen LogP contribution in [0.25, 0.3) is 11.1 Å². The topological polar surface area (TPSA) is 72.8 Å². The van der Waals surface area contributed by atoms with E-state index in [1.807, 2.05) is 72.8 Å². The van der Waals surface area contributed by atoms with Gasteiger partial charge in [-0.3, -0.25) is 4.79 Å². The van der Waals surface area contributed by atoms with Crippen LogP contribution < -0.4 is 9.47 Å². The lowest BCUT2D eigenvalue weighted by Crippen LogP contribution is -2.51. The van der Waals surface area contributed by atoms with E-state index < -0.39 is 28.9 Å². The van der Waals surface area contributed by atoms with Crippen LogP contribution in [0.1, 0.15) is 56.8 Å². The van der Waals surface area contributed by atoms with Crippen molar-refractivity contribution in [3.63, 3.8) is 0 Å². The number of aliphatic hydroxyl groups is 1. The quantitative estimate of drug-likeness (QED) is 0.111. The van der Waals surface area contributed by atoms with Gasteiger partial charge in [-0.15, -0.1) is 0 Å². The third-order valence-corrected chi connectivity index (χ3v) is 10.9. The molecule has 0 aliphatic heterocycles. The molecule has 5 nitrogen and oxygen atoms in total. The van der Waals surface area contributed by atoms with E-state index in [-0.39, 0.29) is 5.92 Å². The first kappa shape index (κ1) is 30.1. The number of benzene rings is 6. The van der Waals surface area contributed by atoms with Crippen LogP contribution in [-0.4, -0.2) is 17.0 Å². The summed E-state index contributed by atoms with van der Waals surface area (Å²) in [6.45, 7) is 3.50. The Morgan fingerprint density at radius 3 is 1.54 bits per heavy atom. The third-order valence-electron chi connectivity index (χ3n) is 10.9. The highest BCUT2D eigenvalue weighted by molar-refractivity contribution is 5.87. The van der Waals surface area contributed by atoms with E-state index in [2.05, 4.69) is 67.2 Å². The summed E-state index contributed by atoms with van der Waals surface area (Å²) in [6.07, 6.45) is 1.61. The third kappa shape index (κ3) is 4.17. The average Bonchev–Trinajstić information content (AvgIpc) is 3.47. The molecule has 4 aliphatic rings. The van der Waals surface area contributed by atoms with Gasteiger partial charge in [-0.05, 0) is 86.3 Å². The van der Waals surface area contributed by atoms with Gasteiger partial charge < -0.3 is 14.6 Å². The summed E-state index contributed by atoms with van der Waals surface area (Å²) in [4.78, 5) is 26.0. The summed E-state index contributed by atoms with van der Waals surface area (Å²) in [5, 5.41) is 12.4. The van der Waals surface area contributed by atoms with Crippen molar-refractivity contribution in [2.75, 3.05) is 0 Å². The first-order valence-electron chi connectivity index (χ1n) is 16.8. The molecule has 0 radical (unpaired) electrons. The van der Waals surface area contributed by atoms with E-state index >= 15 is 0 Å². The maximum absolute atomic E-state index is 14.0. The van der Waals surface area contributed by atoms with Gasteiger partial charge in [0.25, 0.3) is 0 Å². The number of carbonyl (C=O) groups is 2. The SMILES string of the molecule is C=CC(=O)Oc1ccc(C2(c3ccc(OC(=O)C4CC5c6ccccc6C4(O)c4ccccc45)cc3)c3ccccc3-c3ccccc32)cc1. The molecule has 6 aromatic carbocycles. The number of fused-ring (bicyclic) bond motifs is 4. The minimum absolute atomic E-state index is 0.00499. The summed E-state index contributed by atoms with van der Waals surface area (Å²) < 4.78 is 11.5. The van der Waals surface area contributed by atoms with Crippen LogP contribution in [0.2, 0.25) is 0 Å². The van der Waals surface area contributed by atoms with Gasteiger partial charge in [-0.2, -0.15) is 0 Å². The Kier molecular flexibility index (Phi) is 6.77. The molecule has 1 unspecified atom stereocenters. The molecule has 1 N–H and O–H groups in total. The standard InChI is InChI=1S/C45H32O5/c1-2-42(46)49-30-23-19-28(20-24-30)44(37-15-7-3-11-32(37)33-12-4-8-16-38(33)44)29-21-25-31(26-22-29)50-43(47)41-27-36-34-13-5-9-17-39(34)45(41,48)40-18-10-6-14-35(36)40/h2-26,36,41,48H,1,27H2. The van der Waals surface area contributed by atoms with Crippen molar-refractivity contribution in [1.29, 1.82) is 0 Å². The van der Waals surface area contributed by atoms with E-state index in [0.29, 0.717) is 17.9 Å². The zero-order valence-corrected chi connectivity index (χ0v) is 27.1. The van der Waals surface area contributed by atoms with Crippen LogP contribution in [0.15, 0.2) is 158 Å². The van der Waals surface area contributed by atoms with Crippen LogP contribution >= 0.6 is 0 Å². The highest BCUT2D eigenvalue weighted by Crippen LogP contribution is 2.59. The zero-order valence-electron chi connectivity index (χ0n) is 27.1. The Hall–Kier alpha value is -6.04. The van der Waals surface area contributed by atoms with Gasteiger partial charge in [0.15, 0.2) is 0 Å². The summed E-state index contributed by atoms with van der Waals surface area (Å²) in [6, 6.07) is 47.9. The van der Waals surface area contributed by atoms with E-state index in [9.17, 15) is 14.7 Å². The molecule has 0 saturated carbocycles. The van der Waals surface area contributed by atoms with Gasteiger partial charge in [0.05, 0.1) is 11.3 Å². The molecule has 2 bridgehead atoms. The lowest BCUT2D eigenvalue weighted by Gasteiger charge is -2.49. The van der Waals surface area contributed by atoms with Crippen LogP contribution in [0.5, 0.6) is 11.5 Å². The van der Waals surface area contributed by atoms with Crippen LogP contribution in [0.3, 0.4) is 0 Å². The summed E-state index contributed by atoms with van der Waals surface area (Å²) in [5.41, 5.74) is 8.03. The second kappa shape index (κ2) is 11.3. The molecule has 0 heterocycles. The smallest absolute Gasteiger partial charge is 0.335 e. The van der Waals surface area contributed by atoms with Crippen molar-refractivity contribution >= 4 is 11.9 Å². The van der Waals surface area contributed by atoms with Crippen LogP contribution in [0, 0.1) is 5.92 Å². The normalized spacial score (nSPS) is 20.1. The average molecular weight is 653 g/mol. The molecule has 4 aliphatic carbocycles. The van der Waals surface area contributed by atoms with Gasteiger partial charge in [-0.25, -0.2) is 4.79 Å². The molecule has 0 amide bonds. The number of carbonyl (C=O) groups excluding carboxylic acids is 2. The Balaban J connectivity index is 1.10. The Labute approximate surface area is 290 Å². The molecule has 1 atom stereocenters. The number of hydrogen-bond acceptors (Lipinski definition) is 5. The molecule has 5 heteroatoms. The van der Waals surface area contributed by atoms with E-state index in [1.54, 1.807) is 12.1 Å². The molecule has 6 aromatic rings. The lowest BCUT2D eigenvalue weighted by atomic mass is 9.56. The van der Waals surface area contributed by atoms with Gasteiger partial charge in [0, 0.05) is 12.0 Å². The minimum Gasteiger partial charge on any atom is -0.426 e. The number of esters is 2. The summed E-state index contributed by atoms with van der Waals surface area (Å²) in [5.74, 6) is -0.886. The van der Waals surface area contributed by atoms with Crippen molar-refractivity contribution in [3.8, 4) is 22.6 Å². The second-order valence-electron chi connectivity index (χ2n) is 13.2. The molecule has 0 fully saturated rings. The first-order valence-corrected chi connectivity index (χ1v) is 16.8. The highest BCUT2D eigenvalue weighted by Gasteiger charge is 2.56. The molecular formula is C45H32O5. The fourth-order valence-electron chi connectivity index (χ4n) is 8.83. The van der Waals surface area contributed by atoms with Gasteiger partial charge in [0.1, 0.15) is 17.1 Å². The molecule has 0 aromatic heterocycles. The van der Waals surface area contributed by atoms with Crippen molar-refractivity contribution in [2.24, 2.45) is 5.92 Å². The molecule has 50 heavy (non-hydrogen) atoms. The van der Waals surface area contributed by atoms with Crippen molar-refractivity contribution in [1.82, 2.24) is 0 Å². The van der Waals surface area contributed by atoms with Gasteiger partial charge >= 0.3 is 11.9 Å². The minimum atomic E-state index is -1.48. The maximum atomic E-state index is 14.0. The number of ether oxygens (including phenoxy) is 2. The molecule has 242 valence electrons. The Morgan fingerprint density at radius 1 is 0.600 bits per heavy atom. The molecular weight excluding hydrogens is 620 g/mol. The van der Waals surface area contributed by atoms with E-state index in [0.717, 1.165) is 61.7 Å². The molecule has 10 rings (SSSR count). The van der Waals surface area contributed by atoms with Gasteiger partial charge in [0.2, 0.25) is 0 Å². The second-order valence-corrected chi connectivity index (χ2v) is 13.2. The fraction of sp³-hybridized carbons (Fsp3) is 0.111. The molecule has 0 saturated heterocycles. The van der Waals surface area contributed by atoms with Crippen molar-refractivity contribution in [3.05, 3.63) is 203 Å². The van der Waals surface area contributed by atoms with Crippen LogP contribution in [0.4, 0.5) is 0 Å². The largest absolute Gasteiger partial charge is 0.426 e. The summed E-state index contributed by atoms with van der Waals surface area (Å²) in [7, 11) is 0. The summed E-state index contributed by atoms with van der Waals surface area (Å²) >= 11 is 0. The van der Waals surface area contributed by atoms with E-state index in [4.69, 9.17) is 9.47 Å². The van der Waals surface area contributed by atoms with Crippen LogP contribution in [-0.2, 0) is 20.6 Å². The predicted molar refractivity (Wildman–Crippen MR) is 191 cm³/mol. The molecule has 0 spiro atoms. The van der Waals surface area contributed by atoms with Crippen molar-refractivity contribution in [2.45, 2.75) is 23.4 Å².